The largest absolute Gasteiger partial charge is 0.454 e. The van der Waals surface area contributed by atoms with Crippen molar-refractivity contribution in [3.8, 4) is 11.5 Å². The molecule has 0 radical (unpaired) electrons. The Labute approximate surface area is 249 Å². The van der Waals surface area contributed by atoms with Gasteiger partial charge in [0.05, 0.1) is 34.1 Å². The van der Waals surface area contributed by atoms with E-state index in [0.29, 0.717) is 61.6 Å². The number of para-hydroxylation sites is 1. The summed E-state index contributed by atoms with van der Waals surface area (Å²) in [6, 6.07) is 18.7. The van der Waals surface area contributed by atoms with Gasteiger partial charge in [-0.1, -0.05) is 35.9 Å². The summed E-state index contributed by atoms with van der Waals surface area (Å²) in [5.41, 5.74) is 3.44. The van der Waals surface area contributed by atoms with Crippen molar-refractivity contribution in [2.45, 2.75) is 19.4 Å². The van der Waals surface area contributed by atoms with Crippen LogP contribution >= 0.6 is 11.6 Å². The van der Waals surface area contributed by atoms with E-state index < -0.39 is 0 Å². The predicted molar refractivity (Wildman–Crippen MR) is 158 cm³/mol. The van der Waals surface area contributed by atoms with Crippen LogP contribution in [0.15, 0.2) is 60.7 Å². The van der Waals surface area contributed by atoms with Gasteiger partial charge in [0.15, 0.2) is 11.5 Å². The van der Waals surface area contributed by atoms with Crippen LogP contribution in [0.25, 0.3) is 0 Å². The average Bonchev–Trinajstić information content (AvgIpc) is 3.59. The van der Waals surface area contributed by atoms with Gasteiger partial charge in [-0.2, -0.15) is 0 Å². The first-order valence-corrected chi connectivity index (χ1v) is 14.8. The summed E-state index contributed by atoms with van der Waals surface area (Å²) < 4.78 is 10.8. The molecule has 9 nitrogen and oxygen atoms in total. The molecule has 3 amide bonds. The number of halogens is 1. The van der Waals surface area contributed by atoms with Crippen LogP contribution in [-0.4, -0.2) is 73.6 Å². The number of carbonyl (C=O) groups is 3. The molecule has 0 aromatic heterocycles. The third kappa shape index (κ3) is 4.71. The zero-order chi connectivity index (χ0) is 28.8. The first-order valence-electron chi connectivity index (χ1n) is 14.4. The SMILES string of the molecule is O=C(C1CCN(c2cccc3c2C(=O)N(Cc2ccc4c(c2)OCO4)C3=O)CC1)N1CCN(c2ccccc2Cl)CC1. The maximum Gasteiger partial charge on any atom is 0.263 e. The topological polar surface area (TPSA) is 82.6 Å². The maximum atomic E-state index is 13.6. The number of rotatable bonds is 5. The molecule has 0 spiro atoms. The number of amides is 3. The summed E-state index contributed by atoms with van der Waals surface area (Å²) in [6.07, 6.45) is 1.41. The second-order valence-corrected chi connectivity index (χ2v) is 11.5. The van der Waals surface area contributed by atoms with Crippen LogP contribution < -0.4 is 19.3 Å². The lowest BCUT2D eigenvalue weighted by molar-refractivity contribution is -0.136. The minimum absolute atomic E-state index is 0.0512. The molecule has 216 valence electrons. The minimum atomic E-state index is -0.296. The highest BCUT2D eigenvalue weighted by Crippen LogP contribution is 2.37. The van der Waals surface area contributed by atoms with E-state index in [4.69, 9.17) is 21.1 Å². The molecule has 0 atom stereocenters. The standard InChI is InChI=1S/C32H31ClN4O5/c33-24-5-1-2-6-25(24)35-14-16-36(17-15-35)30(38)22-10-12-34(13-11-22)26-7-3-4-23-29(26)32(40)37(31(23)39)19-21-8-9-27-28(18-21)42-20-41-27/h1-9,18,22H,10-17,19-20H2. The number of carbonyl (C=O) groups excluding carboxylic acids is 3. The van der Waals surface area contributed by atoms with E-state index >= 15 is 0 Å². The Morgan fingerprint density at radius 1 is 0.786 bits per heavy atom. The van der Waals surface area contributed by atoms with Gasteiger partial charge in [-0.25, -0.2) is 0 Å². The van der Waals surface area contributed by atoms with Crippen LogP contribution in [0.1, 0.15) is 39.1 Å². The predicted octanol–water partition coefficient (Wildman–Crippen LogP) is 4.43. The summed E-state index contributed by atoms with van der Waals surface area (Å²) in [4.78, 5) is 48.0. The molecule has 0 aliphatic carbocycles. The Kier molecular flexibility index (Phi) is 6.90. The van der Waals surface area contributed by atoms with Crippen molar-refractivity contribution in [3.63, 3.8) is 0 Å². The third-order valence-electron chi connectivity index (χ3n) is 8.72. The van der Waals surface area contributed by atoms with Crippen molar-refractivity contribution in [2.24, 2.45) is 5.92 Å². The van der Waals surface area contributed by atoms with E-state index in [1.54, 1.807) is 12.1 Å². The van der Waals surface area contributed by atoms with Gasteiger partial charge < -0.3 is 24.2 Å². The second-order valence-electron chi connectivity index (χ2n) is 11.1. The molecule has 4 aliphatic heterocycles. The average molecular weight is 587 g/mol. The monoisotopic (exact) mass is 586 g/mol. The first-order chi connectivity index (χ1) is 20.5. The fourth-order valence-corrected chi connectivity index (χ4v) is 6.70. The van der Waals surface area contributed by atoms with Crippen LogP contribution in [-0.2, 0) is 11.3 Å². The molecular formula is C32H31ClN4O5. The summed E-state index contributed by atoms with van der Waals surface area (Å²) in [6.45, 7) is 4.47. The number of ether oxygens (including phenoxy) is 2. The van der Waals surface area contributed by atoms with Crippen LogP contribution in [0.3, 0.4) is 0 Å². The number of hydrogen-bond acceptors (Lipinski definition) is 7. The molecule has 42 heavy (non-hydrogen) atoms. The highest BCUT2D eigenvalue weighted by Gasteiger charge is 2.39. The van der Waals surface area contributed by atoms with Crippen molar-refractivity contribution < 1.29 is 23.9 Å². The van der Waals surface area contributed by atoms with Crippen LogP contribution in [0.2, 0.25) is 5.02 Å². The fourth-order valence-electron chi connectivity index (χ4n) is 6.45. The van der Waals surface area contributed by atoms with Crippen LogP contribution in [0.5, 0.6) is 11.5 Å². The van der Waals surface area contributed by atoms with E-state index in [1.807, 2.05) is 53.4 Å². The Balaban J connectivity index is 0.989. The summed E-state index contributed by atoms with van der Waals surface area (Å²) in [5, 5.41) is 0.730. The lowest BCUT2D eigenvalue weighted by atomic mass is 9.93. The zero-order valence-corrected chi connectivity index (χ0v) is 23.9. The van der Waals surface area contributed by atoms with E-state index in [9.17, 15) is 14.4 Å². The molecule has 10 heteroatoms. The normalized spacial score (nSPS) is 18.6. The van der Waals surface area contributed by atoms with Crippen molar-refractivity contribution in [1.82, 2.24) is 9.80 Å². The quantitative estimate of drug-likeness (QED) is 0.409. The Bertz CT molecular complexity index is 1560. The molecule has 3 aromatic carbocycles. The molecule has 4 aliphatic rings. The number of nitrogens with zero attached hydrogens (tertiary/aromatic N) is 4. The van der Waals surface area contributed by atoms with Gasteiger partial charge in [-0.3, -0.25) is 19.3 Å². The molecule has 2 fully saturated rings. The number of hydrogen-bond donors (Lipinski definition) is 0. The maximum absolute atomic E-state index is 13.6. The summed E-state index contributed by atoms with van der Waals surface area (Å²) in [7, 11) is 0. The lowest BCUT2D eigenvalue weighted by Gasteiger charge is -2.40. The molecular weight excluding hydrogens is 556 g/mol. The molecule has 4 heterocycles. The van der Waals surface area contributed by atoms with Gasteiger partial charge in [0.25, 0.3) is 11.8 Å². The number of piperazine rings is 1. The fraction of sp³-hybridized carbons (Fsp3) is 0.344. The first kappa shape index (κ1) is 26.6. The Morgan fingerprint density at radius 2 is 1.50 bits per heavy atom. The molecule has 0 bridgehead atoms. The number of piperidine rings is 1. The highest BCUT2D eigenvalue weighted by molar-refractivity contribution is 6.33. The Morgan fingerprint density at radius 3 is 2.29 bits per heavy atom. The number of fused-ring (bicyclic) bond motifs is 2. The van der Waals surface area contributed by atoms with Crippen LogP contribution in [0.4, 0.5) is 11.4 Å². The molecule has 0 unspecified atom stereocenters. The number of imide groups is 1. The van der Waals surface area contributed by atoms with Crippen molar-refractivity contribution in [2.75, 3.05) is 55.9 Å². The van der Waals surface area contributed by atoms with Gasteiger partial charge in [0.1, 0.15) is 0 Å². The summed E-state index contributed by atoms with van der Waals surface area (Å²) >= 11 is 6.38. The van der Waals surface area contributed by atoms with E-state index in [-0.39, 0.29) is 37.0 Å². The van der Waals surface area contributed by atoms with Gasteiger partial charge in [0.2, 0.25) is 12.7 Å². The van der Waals surface area contributed by atoms with Crippen molar-refractivity contribution in [1.29, 1.82) is 0 Å². The Hall–Kier alpha value is -4.24. The molecule has 2 saturated heterocycles. The molecule has 0 saturated carbocycles. The molecule has 7 rings (SSSR count). The molecule has 0 N–H and O–H groups in total. The van der Waals surface area contributed by atoms with Crippen molar-refractivity contribution in [3.05, 3.63) is 82.4 Å². The van der Waals surface area contributed by atoms with E-state index in [0.717, 1.165) is 35.1 Å². The van der Waals surface area contributed by atoms with E-state index in [1.165, 1.54) is 4.90 Å². The number of anilines is 2. The zero-order valence-electron chi connectivity index (χ0n) is 23.1. The van der Waals surface area contributed by atoms with Gasteiger partial charge in [-0.15, -0.1) is 0 Å². The summed E-state index contributed by atoms with van der Waals surface area (Å²) in [5.74, 6) is 0.834. The minimum Gasteiger partial charge on any atom is -0.454 e. The molecule has 3 aromatic rings. The smallest absolute Gasteiger partial charge is 0.263 e. The van der Waals surface area contributed by atoms with Gasteiger partial charge in [-0.05, 0) is 54.8 Å². The van der Waals surface area contributed by atoms with Crippen molar-refractivity contribution >= 4 is 40.7 Å². The van der Waals surface area contributed by atoms with Gasteiger partial charge >= 0.3 is 0 Å². The van der Waals surface area contributed by atoms with Gasteiger partial charge in [0, 0.05) is 45.2 Å². The van der Waals surface area contributed by atoms with Crippen LogP contribution in [0, 0.1) is 5.92 Å². The lowest BCUT2D eigenvalue weighted by Crippen LogP contribution is -2.51. The van der Waals surface area contributed by atoms with E-state index in [2.05, 4.69) is 9.80 Å². The number of benzene rings is 3. The second kappa shape index (κ2) is 10.9. The third-order valence-corrected chi connectivity index (χ3v) is 9.04. The highest BCUT2D eigenvalue weighted by atomic mass is 35.5.